The molecule has 0 radical (unpaired) electrons. The fourth-order valence-electron chi connectivity index (χ4n) is 8.50. The summed E-state index contributed by atoms with van der Waals surface area (Å²) >= 11 is 0. The molecule has 2 amide bonds. The van der Waals surface area contributed by atoms with Crippen molar-refractivity contribution in [2.24, 2.45) is 23.2 Å². The molecule has 1 unspecified atom stereocenters. The predicted molar refractivity (Wildman–Crippen MR) is 131 cm³/mol. The standard InChI is InChI=1S/C29H40N2O3/c1-19-5-3-6-20(2)26(19)34-24-8-11-30(12-9-24)27(32)25-7-4-10-31(25)28(33)29-16-21-13-22(17-29)15-23(14-21)18-29/h3,5-6,21-25H,4,7-18H2,1-2H3. The van der Waals surface area contributed by atoms with Crippen molar-refractivity contribution < 1.29 is 14.3 Å². The lowest BCUT2D eigenvalue weighted by Gasteiger charge is -2.56. The van der Waals surface area contributed by atoms with Crippen LogP contribution in [-0.4, -0.2) is 53.4 Å². The van der Waals surface area contributed by atoms with E-state index >= 15 is 0 Å². The number of ether oxygens (including phenoxy) is 1. The highest BCUT2D eigenvalue weighted by Crippen LogP contribution is 2.60. The molecule has 2 aliphatic heterocycles. The van der Waals surface area contributed by atoms with Crippen molar-refractivity contribution >= 4 is 11.8 Å². The van der Waals surface area contributed by atoms with Gasteiger partial charge in [-0.3, -0.25) is 9.59 Å². The lowest BCUT2D eigenvalue weighted by molar-refractivity contribution is -0.162. The molecule has 4 aliphatic carbocycles. The quantitative estimate of drug-likeness (QED) is 0.638. The molecule has 4 bridgehead atoms. The van der Waals surface area contributed by atoms with Gasteiger partial charge in [0.15, 0.2) is 0 Å². The molecule has 5 nitrogen and oxygen atoms in total. The van der Waals surface area contributed by atoms with Crippen LogP contribution in [0.3, 0.4) is 0 Å². The summed E-state index contributed by atoms with van der Waals surface area (Å²) in [6.07, 6.45) is 10.9. The van der Waals surface area contributed by atoms with Gasteiger partial charge in [-0.2, -0.15) is 0 Å². The number of para-hydroxylation sites is 1. The molecule has 7 rings (SSSR count). The molecule has 0 aromatic heterocycles. The number of piperidine rings is 1. The number of hydrogen-bond donors (Lipinski definition) is 0. The second-order valence-corrected chi connectivity index (χ2v) is 12.2. The van der Waals surface area contributed by atoms with Gasteiger partial charge in [0.2, 0.25) is 11.8 Å². The number of carbonyl (C=O) groups excluding carboxylic acids is 2. The summed E-state index contributed by atoms with van der Waals surface area (Å²) in [7, 11) is 0. The highest BCUT2D eigenvalue weighted by atomic mass is 16.5. The van der Waals surface area contributed by atoms with E-state index in [0.717, 1.165) is 88.1 Å². The Bertz CT molecular complexity index is 909. The van der Waals surface area contributed by atoms with Gasteiger partial charge in [-0.1, -0.05) is 18.2 Å². The zero-order valence-electron chi connectivity index (χ0n) is 20.9. The van der Waals surface area contributed by atoms with Crippen LogP contribution in [0.1, 0.15) is 75.3 Å². The lowest BCUT2D eigenvalue weighted by Crippen LogP contribution is -2.58. The summed E-state index contributed by atoms with van der Waals surface area (Å²) in [5.41, 5.74) is 2.19. The number of benzene rings is 1. The predicted octanol–water partition coefficient (Wildman–Crippen LogP) is 4.88. The molecule has 6 aliphatic rings. The largest absolute Gasteiger partial charge is 0.490 e. The summed E-state index contributed by atoms with van der Waals surface area (Å²) in [4.78, 5) is 31.6. The first-order valence-corrected chi connectivity index (χ1v) is 13.7. The van der Waals surface area contributed by atoms with Gasteiger partial charge in [0.05, 0.1) is 5.41 Å². The van der Waals surface area contributed by atoms with Crippen LogP contribution in [0.15, 0.2) is 18.2 Å². The van der Waals surface area contributed by atoms with Crippen LogP contribution in [0, 0.1) is 37.0 Å². The first-order valence-electron chi connectivity index (χ1n) is 13.7. The van der Waals surface area contributed by atoms with Crippen molar-refractivity contribution in [1.82, 2.24) is 9.80 Å². The number of rotatable bonds is 4. The summed E-state index contributed by atoms with van der Waals surface area (Å²) in [6, 6.07) is 6.01. The Hall–Kier alpha value is -2.04. The van der Waals surface area contributed by atoms with Crippen LogP contribution in [0.2, 0.25) is 0 Å². The maximum absolute atomic E-state index is 14.0. The molecule has 5 heteroatoms. The maximum atomic E-state index is 14.0. The van der Waals surface area contributed by atoms with Crippen LogP contribution < -0.4 is 4.74 Å². The van der Waals surface area contributed by atoms with Crippen molar-refractivity contribution in [3.05, 3.63) is 29.3 Å². The van der Waals surface area contributed by atoms with Gasteiger partial charge < -0.3 is 14.5 Å². The number of carbonyl (C=O) groups is 2. The Labute approximate surface area is 204 Å². The minimum absolute atomic E-state index is 0.149. The minimum atomic E-state index is -0.239. The molecular formula is C29H40N2O3. The molecule has 0 spiro atoms. The van der Waals surface area contributed by atoms with Crippen LogP contribution >= 0.6 is 0 Å². The molecular weight excluding hydrogens is 424 g/mol. The second kappa shape index (κ2) is 8.57. The first kappa shape index (κ1) is 22.4. The SMILES string of the molecule is Cc1cccc(C)c1OC1CCN(C(=O)C2CCCN2C(=O)C23CC4CC(CC(C4)C2)C3)CC1. The third-order valence-corrected chi connectivity index (χ3v) is 9.74. The van der Waals surface area contributed by atoms with Gasteiger partial charge in [-0.05, 0) is 94.1 Å². The minimum Gasteiger partial charge on any atom is -0.490 e. The zero-order valence-corrected chi connectivity index (χ0v) is 20.9. The van der Waals surface area contributed by atoms with Crippen LogP contribution in [-0.2, 0) is 9.59 Å². The molecule has 1 atom stereocenters. The molecule has 2 heterocycles. The Morgan fingerprint density at radius 1 is 0.882 bits per heavy atom. The van der Waals surface area contributed by atoms with E-state index in [1.165, 1.54) is 30.4 Å². The van der Waals surface area contributed by atoms with Crippen LogP contribution in [0.4, 0.5) is 0 Å². The summed E-state index contributed by atoms with van der Waals surface area (Å²) in [5, 5.41) is 0. The topological polar surface area (TPSA) is 49.9 Å². The van der Waals surface area contributed by atoms with E-state index in [4.69, 9.17) is 4.74 Å². The summed E-state index contributed by atoms with van der Waals surface area (Å²) < 4.78 is 6.36. The van der Waals surface area contributed by atoms with Crippen molar-refractivity contribution in [3.63, 3.8) is 0 Å². The molecule has 2 saturated heterocycles. The Morgan fingerprint density at radius 2 is 1.47 bits per heavy atom. The molecule has 1 aromatic rings. The number of aryl methyl sites for hydroxylation is 2. The van der Waals surface area contributed by atoms with Gasteiger partial charge in [-0.15, -0.1) is 0 Å². The zero-order chi connectivity index (χ0) is 23.4. The second-order valence-electron chi connectivity index (χ2n) is 12.2. The van der Waals surface area contributed by atoms with Crippen LogP contribution in [0.25, 0.3) is 0 Å². The third-order valence-electron chi connectivity index (χ3n) is 9.74. The lowest BCUT2D eigenvalue weighted by atomic mass is 9.49. The van der Waals surface area contributed by atoms with Gasteiger partial charge in [-0.25, -0.2) is 0 Å². The average Bonchev–Trinajstić information content (AvgIpc) is 3.30. The van der Waals surface area contributed by atoms with E-state index in [1.807, 2.05) is 9.80 Å². The van der Waals surface area contributed by atoms with Gasteiger partial charge >= 0.3 is 0 Å². The van der Waals surface area contributed by atoms with E-state index in [2.05, 4.69) is 32.0 Å². The number of likely N-dealkylation sites (tertiary alicyclic amines) is 2. The van der Waals surface area contributed by atoms with E-state index < -0.39 is 0 Å². The Kier molecular flexibility index (Phi) is 5.65. The van der Waals surface area contributed by atoms with E-state index in [9.17, 15) is 9.59 Å². The smallest absolute Gasteiger partial charge is 0.245 e. The van der Waals surface area contributed by atoms with Gasteiger partial charge in [0.1, 0.15) is 17.9 Å². The molecule has 34 heavy (non-hydrogen) atoms. The molecule has 4 saturated carbocycles. The summed E-state index contributed by atoms with van der Waals surface area (Å²) in [6.45, 7) is 6.41. The maximum Gasteiger partial charge on any atom is 0.245 e. The van der Waals surface area contributed by atoms with Gasteiger partial charge in [0.25, 0.3) is 0 Å². The number of amides is 2. The van der Waals surface area contributed by atoms with E-state index in [1.54, 1.807) is 0 Å². The van der Waals surface area contributed by atoms with Gasteiger partial charge in [0, 0.05) is 32.5 Å². The average molecular weight is 465 g/mol. The van der Waals surface area contributed by atoms with Crippen molar-refractivity contribution in [2.75, 3.05) is 19.6 Å². The monoisotopic (exact) mass is 464 g/mol. The van der Waals surface area contributed by atoms with Crippen molar-refractivity contribution in [1.29, 1.82) is 0 Å². The highest BCUT2D eigenvalue weighted by molar-refractivity contribution is 5.91. The third kappa shape index (κ3) is 3.83. The number of nitrogens with zero attached hydrogens (tertiary/aromatic N) is 2. The van der Waals surface area contributed by atoms with E-state index in [0.29, 0.717) is 5.91 Å². The van der Waals surface area contributed by atoms with Crippen LogP contribution in [0.5, 0.6) is 5.75 Å². The Morgan fingerprint density at radius 3 is 2.06 bits per heavy atom. The summed E-state index contributed by atoms with van der Waals surface area (Å²) in [5.74, 6) is 3.76. The molecule has 0 N–H and O–H groups in total. The number of hydrogen-bond acceptors (Lipinski definition) is 3. The first-order chi connectivity index (χ1) is 16.4. The molecule has 184 valence electrons. The normalized spacial score (nSPS) is 35.1. The Balaban J connectivity index is 1.09. The molecule has 6 fully saturated rings. The fourth-order valence-corrected chi connectivity index (χ4v) is 8.50. The van der Waals surface area contributed by atoms with Crippen molar-refractivity contribution in [2.45, 2.75) is 90.2 Å². The van der Waals surface area contributed by atoms with E-state index in [-0.39, 0.29) is 23.5 Å². The van der Waals surface area contributed by atoms with Crippen molar-refractivity contribution in [3.8, 4) is 5.75 Å². The molecule has 1 aromatic carbocycles. The fraction of sp³-hybridized carbons (Fsp3) is 0.724. The highest BCUT2D eigenvalue weighted by Gasteiger charge is 2.57.